The summed E-state index contributed by atoms with van der Waals surface area (Å²) in [6, 6.07) is 1.85. The van der Waals surface area contributed by atoms with Crippen molar-refractivity contribution in [2.45, 2.75) is 82.6 Å². The van der Waals surface area contributed by atoms with E-state index in [0.29, 0.717) is 49.5 Å². The molecule has 0 spiro atoms. The average molecular weight is 560 g/mol. The number of esters is 1. The van der Waals surface area contributed by atoms with Gasteiger partial charge in [-0.1, -0.05) is 51.9 Å². The number of alkyl halides is 1. The number of piperidine rings is 1. The molecule has 0 radical (unpaired) electrons. The van der Waals surface area contributed by atoms with Crippen LogP contribution in [-0.4, -0.2) is 58.8 Å². The highest BCUT2D eigenvalue weighted by Gasteiger charge is 2.34. The standard InChI is InChI=1S/C28H42ClN7O3/c1-3-4-5-6-7-8-9-10-22-20(29)17-32-26-24(25(30)34-36(22)26)27(37)33-21-18-31-14-11-23(21)35-15-12-19(13-16-35)28(38)39-2/h11,14,18-20,22,32H,3-10,12-13,15-17H2,1-2H3,(H2,30,34)(H,33,37). The minimum atomic E-state index is -0.345. The smallest absolute Gasteiger partial charge is 0.308 e. The topological polar surface area (TPSA) is 127 Å². The molecule has 0 saturated carbocycles. The van der Waals surface area contributed by atoms with Crippen molar-refractivity contribution < 1.29 is 14.3 Å². The van der Waals surface area contributed by atoms with Crippen molar-refractivity contribution in [2.24, 2.45) is 5.92 Å². The summed E-state index contributed by atoms with van der Waals surface area (Å²) in [6.07, 6.45) is 14.2. The molecule has 2 atom stereocenters. The number of halogens is 1. The highest BCUT2D eigenvalue weighted by Crippen LogP contribution is 2.37. The number of amides is 1. The van der Waals surface area contributed by atoms with Gasteiger partial charge in [0.05, 0.1) is 42.0 Å². The van der Waals surface area contributed by atoms with Gasteiger partial charge in [0.2, 0.25) is 0 Å². The number of nitrogen functional groups attached to an aromatic ring is 1. The molecule has 4 heterocycles. The third kappa shape index (κ3) is 6.96. The van der Waals surface area contributed by atoms with E-state index < -0.39 is 0 Å². The normalized spacial score (nSPS) is 19.3. The molecule has 0 bridgehead atoms. The molecule has 1 fully saturated rings. The number of fused-ring (bicyclic) bond motifs is 1. The summed E-state index contributed by atoms with van der Waals surface area (Å²) in [4.78, 5) is 31.8. The minimum Gasteiger partial charge on any atom is -0.469 e. The Morgan fingerprint density at radius 1 is 1.18 bits per heavy atom. The number of methoxy groups -OCH3 is 1. The van der Waals surface area contributed by atoms with Gasteiger partial charge >= 0.3 is 5.97 Å². The van der Waals surface area contributed by atoms with E-state index in [1.165, 1.54) is 39.2 Å². The van der Waals surface area contributed by atoms with E-state index in [2.05, 4.69) is 32.5 Å². The van der Waals surface area contributed by atoms with Gasteiger partial charge in [-0.3, -0.25) is 14.6 Å². The summed E-state index contributed by atoms with van der Waals surface area (Å²) in [5.41, 5.74) is 8.06. The van der Waals surface area contributed by atoms with Crippen LogP contribution in [0.25, 0.3) is 0 Å². The Bertz CT molecular complexity index is 1120. The summed E-state index contributed by atoms with van der Waals surface area (Å²) >= 11 is 6.70. The Morgan fingerprint density at radius 3 is 2.62 bits per heavy atom. The van der Waals surface area contributed by atoms with Crippen molar-refractivity contribution in [2.75, 3.05) is 48.0 Å². The van der Waals surface area contributed by atoms with E-state index in [4.69, 9.17) is 22.1 Å². The van der Waals surface area contributed by atoms with Crippen LogP contribution in [0.2, 0.25) is 0 Å². The Morgan fingerprint density at radius 2 is 1.90 bits per heavy atom. The second-order valence-corrected chi connectivity index (χ2v) is 11.1. The Kier molecular flexibility index (Phi) is 10.3. The fourth-order valence-electron chi connectivity index (χ4n) is 5.65. The Hall–Kier alpha value is -3.01. The molecule has 11 heteroatoms. The first kappa shape index (κ1) is 29.0. The number of aromatic nitrogens is 3. The van der Waals surface area contributed by atoms with Crippen molar-refractivity contribution in [3.8, 4) is 0 Å². The van der Waals surface area contributed by atoms with Gasteiger partial charge in [0.25, 0.3) is 5.91 Å². The Balaban J connectivity index is 1.43. The molecule has 2 aromatic heterocycles. The van der Waals surface area contributed by atoms with E-state index in [0.717, 1.165) is 24.9 Å². The molecule has 0 aliphatic carbocycles. The van der Waals surface area contributed by atoms with Crippen LogP contribution in [-0.2, 0) is 9.53 Å². The molecule has 4 rings (SSSR count). The summed E-state index contributed by atoms with van der Waals surface area (Å²) in [7, 11) is 1.42. The lowest BCUT2D eigenvalue weighted by molar-refractivity contribution is -0.146. The second-order valence-electron chi connectivity index (χ2n) is 10.6. The molecule has 2 aromatic rings. The number of nitrogens with two attached hydrogens (primary N) is 1. The molecule has 2 unspecified atom stereocenters. The predicted molar refractivity (Wildman–Crippen MR) is 156 cm³/mol. The predicted octanol–water partition coefficient (Wildman–Crippen LogP) is 5.22. The third-order valence-corrected chi connectivity index (χ3v) is 8.33. The molecule has 4 N–H and O–H groups in total. The first-order valence-corrected chi connectivity index (χ1v) is 14.7. The average Bonchev–Trinajstić information content (AvgIpc) is 3.29. The van der Waals surface area contributed by atoms with E-state index >= 15 is 0 Å². The van der Waals surface area contributed by atoms with Crippen LogP contribution in [0.4, 0.5) is 23.0 Å². The fourth-order valence-corrected chi connectivity index (χ4v) is 5.96. The molecule has 10 nitrogen and oxygen atoms in total. The van der Waals surface area contributed by atoms with Gasteiger partial charge in [-0.25, -0.2) is 4.68 Å². The van der Waals surface area contributed by atoms with Crippen molar-refractivity contribution in [1.29, 1.82) is 0 Å². The van der Waals surface area contributed by atoms with Crippen LogP contribution in [0.15, 0.2) is 18.5 Å². The van der Waals surface area contributed by atoms with Crippen molar-refractivity contribution in [3.05, 3.63) is 24.0 Å². The number of carbonyl (C=O) groups excluding carboxylic acids is 2. The number of anilines is 4. The van der Waals surface area contributed by atoms with Gasteiger partial charge in [-0.05, 0) is 25.3 Å². The molecular weight excluding hydrogens is 518 g/mol. The van der Waals surface area contributed by atoms with Gasteiger partial charge in [0, 0.05) is 25.8 Å². The molecule has 2 aliphatic rings. The van der Waals surface area contributed by atoms with Crippen molar-refractivity contribution >= 4 is 46.5 Å². The summed E-state index contributed by atoms with van der Waals surface area (Å²) in [6.45, 7) is 4.13. The number of nitrogens with one attached hydrogen (secondary N) is 2. The lowest BCUT2D eigenvalue weighted by Gasteiger charge is -2.33. The monoisotopic (exact) mass is 559 g/mol. The first-order chi connectivity index (χ1) is 18.9. The Labute approximate surface area is 236 Å². The van der Waals surface area contributed by atoms with Crippen LogP contribution in [0.3, 0.4) is 0 Å². The van der Waals surface area contributed by atoms with Gasteiger partial charge in [0.15, 0.2) is 5.82 Å². The molecular formula is C28H42ClN7O3. The highest BCUT2D eigenvalue weighted by molar-refractivity contribution is 6.21. The number of hydrogen-bond donors (Lipinski definition) is 3. The lowest BCUT2D eigenvalue weighted by Crippen LogP contribution is -2.37. The summed E-state index contributed by atoms with van der Waals surface area (Å²) in [5.74, 6) is 0.170. The van der Waals surface area contributed by atoms with Gasteiger partial charge in [-0.2, -0.15) is 5.10 Å². The molecule has 214 valence electrons. The number of rotatable bonds is 12. The second kappa shape index (κ2) is 13.9. The van der Waals surface area contributed by atoms with Gasteiger partial charge in [-0.15, -0.1) is 11.6 Å². The molecule has 1 amide bonds. The molecule has 39 heavy (non-hydrogen) atoms. The van der Waals surface area contributed by atoms with E-state index in [1.807, 2.05) is 10.7 Å². The van der Waals surface area contributed by atoms with E-state index in [9.17, 15) is 9.59 Å². The third-order valence-electron chi connectivity index (χ3n) is 7.88. The SMILES string of the molecule is CCCCCCCCCC1C(Cl)CNc2c(C(=O)Nc3cnccc3N3CCC(C(=O)OC)CC3)c(N)nn21. The zero-order valence-electron chi connectivity index (χ0n) is 23.1. The maximum absolute atomic E-state index is 13.5. The molecule has 1 saturated heterocycles. The molecule has 0 aromatic carbocycles. The fraction of sp³-hybridized carbons (Fsp3) is 0.643. The maximum atomic E-state index is 13.5. The highest BCUT2D eigenvalue weighted by atomic mass is 35.5. The van der Waals surface area contributed by atoms with Crippen molar-refractivity contribution in [3.63, 3.8) is 0 Å². The lowest BCUT2D eigenvalue weighted by atomic mass is 9.96. The van der Waals surface area contributed by atoms with E-state index in [1.54, 1.807) is 12.4 Å². The van der Waals surface area contributed by atoms with Crippen LogP contribution >= 0.6 is 11.6 Å². The van der Waals surface area contributed by atoms with Crippen LogP contribution in [0, 0.1) is 5.92 Å². The van der Waals surface area contributed by atoms with E-state index in [-0.39, 0.29) is 35.0 Å². The number of pyridine rings is 1. The summed E-state index contributed by atoms with van der Waals surface area (Å²) < 4.78 is 6.72. The largest absolute Gasteiger partial charge is 0.469 e. The van der Waals surface area contributed by atoms with Gasteiger partial charge in [0.1, 0.15) is 11.4 Å². The maximum Gasteiger partial charge on any atom is 0.308 e. The van der Waals surface area contributed by atoms with Gasteiger partial charge < -0.3 is 26.0 Å². The van der Waals surface area contributed by atoms with Crippen LogP contribution in [0.5, 0.6) is 0 Å². The number of hydrogen-bond acceptors (Lipinski definition) is 8. The number of unbranched alkanes of at least 4 members (excludes halogenated alkanes) is 6. The molecule has 2 aliphatic heterocycles. The first-order valence-electron chi connectivity index (χ1n) is 14.3. The summed E-state index contributed by atoms with van der Waals surface area (Å²) in [5, 5.41) is 10.7. The van der Waals surface area contributed by atoms with Crippen LogP contribution < -0.4 is 21.3 Å². The zero-order valence-corrected chi connectivity index (χ0v) is 23.9. The number of carbonyl (C=O) groups is 2. The quantitative estimate of drug-likeness (QED) is 0.183. The van der Waals surface area contributed by atoms with Crippen LogP contribution in [0.1, 0.15) is 87.5 Å². The minimum absolute atomic E-state index is 0.0209. The zero-order chi connectivity index (χ0) is 27.8. The number of nitrogens with zero attached hydrogens (tertiary/aromatic N) is 4. The number of ether oxygens (including phenoxy) is 1. The van der Waals surface area contributed by atoms with Crippen molar-refractivity contribution in [1.82, 2.24) is 14.8 Å².